The molecule has 0 spiro atoms. The van der Waals surface area contributed by atoms with Crippen molar-refractivity contribution in [2.24, 2.45) is 11.3 Å². The Morgan fingerprint density at radius 1 is 1.33 bits per heavy atom. The molecule has 50 valence electrons. The van der Waals surface area contributed by atoms with Crippen LogP contribution in [0.5, 0.6) is 0 Å². The summed E-state index contributed by atoms with van der Waals surface area (Å²) in [6.45, 7) is 9.19. The molecule has 0 amide bonds. The quantitative estimate of drug-likeness (QED) is 0.517. The van der Waals surface area contributed by atoms with Gasteiger partial charge >= 0.3 is 67.0 Å². The fourth-order valence-electron chi connectivity index (χ4n) is 1.13. The summed E-state index contributed by atoms with van der Waals surface area (Å²) in [6.07, 6.45) is 1.33. The third-order valence-electron chi connectivity index (χ3n) is 1.36. The van der Waals surface area contributed by atoms with E-state index in [4.69, 9.17) is 0 Å². The molecule has 1 unspecified atom stereocenters. The molecule has 0 aliphatic heterocycles. The molecule has 0 nitrogen and oxygen atoms in total. The van der Waals surface area contributed by atoms with Crippen molar-refractivity contribution in [1.29, 1.82) is 0 Å². The molecule has 0 aromatic heterocycles. The van der Waals surface area contributed by atoms with E-state index in [0.29, 0.717) is 5.41 Å². The van der Waals surface area contributed by atoms with Crippen molar-refractivity contribution in [3.05, 3.63) is 0 Å². The molecule has 1 heteroatoms. The maximum absolute atomic E-state index is 2.80. The molecule has 0 heterocycles. The maximum atomic E-state index is 2.80. The molecule has 0 aliphatic rings. The zero-order valence-electron chi connectivity index (χ0n) is 7.07. The summed E-state index contributed by atoms with van der Waals surface area (Å²) in [5.74, 6) is 0.856. The Bertz CT molecular complexity index is 71.1. The Hall–Kier alpha value is 0.532. The Balaban J connectivity index is 3.47. The molecule has 1 atom stereocenters. The average molecular weight is 140 g/mol. The summed E-state index contributed by atoms with van der Waals surface area (Å²) < 4.78 is 0. The molecule has 0 radical (unpaired) electrons. The van der Waals surface area contributed by atoms with Crippen LogP contribution < -0.4 is 0 Å². The van der Waals surface area contributed by atoms with E-state index < -0.39 is 0 Å². The third-order valence-corrected chi connectivity index (χ3v) is 2.17. The summed E-state index contributed by atoms with van der Waals surface area (Å²) >= 11 is 2.80. The Kier molecular flexibility index (Phi) is 3.86. The van der Waals surface area contributed by atoms with Crippen LogP contribution in [0.2, 0.25) is 5.28 Å². The van der Waals surface area contributed by atoms with E-state index in [9.17, 15) is 0 Å². The number of hydrogen-bond donors (Lipinski definition) is 0. The van der Waals surface area contributed by atoms with Crippen molar-refractivity contribution in [3.8, 4) is 0 Å². The van der Waals surface area contributed by atoms with E-state index in [1.165, 1.54) is 11.7 Å². The van der Waals surface area contributed by atoms with Crippen molar-refractivity contribution in [2.45, 2.75) is 39.4 Å². The predicted molar refractivity (Wildman–Crippen MR) is 43.8 cm³/mol. The van der Waals surface area contributed by atoms with Crippen LogP contribution in [0.3, 0.4) is 0 Å². The number of hydrogen-bond acceptors (Lipinski definition) is 0. The molecule has 0 bridgehead atoms. The normalized spacial score (nSPS) is 15.8. The topological polar surface area (TPSA) is 0 Å². The van der Waals surface area contributed by atoms with E-state index in [0.717, 1.165) is 5.92 Å². The van der Waals surface area contributed by atoms with E-state index in [1.54, 1.807) is 0 Å². The van der Waals surface area contributed by atoms with E-state index in [-0.39, 0.29) is 0 Å². The van der Waals surface area contributed by atoms with Gasteiger partial charge in [-0.15, -0.1) is 0 Å². The first kappa shape index (κ1) is 9.53. The van der Waals surface area contributed by atoms with Gasteiger partial charge in [0.25, 0.3) is 0 Å². The molecule has 9 heavy (non-hydrogen) atoms. The molecular weight excluding hydrogens is 123 g/mol. The van der Waals surface area contributed by atoms with E-state index >= 15 is 0 Å². The predicted octanol–water partition coefficient (Wildman–Crippen LogP) is 2.65. The monoisotopic (exact) mass is 140 g/mol. The van der Waals surface area contributed by atoms with Crippen LogP contribution in [0.1, 0.15) is 34.1 Å². The Morgan fingerprint density at radius 2 is 1.78 bits per heavy atom. The van der Waals surface area contributed by atoms with Gasteiger partial charge in [0.05, 0.1) is 0 Å². The second-order valence-electron chi connectivity index (χ2n) is 4.11. The first-order valence-electron chi connectivity index (χ1n) is 3.66. The minimum absolute atomic E-state index is 0.510. The van der Waals surface area contributed by atoms with Gasteiger partial charge in [0.2, 0.25) is 0 Å². The molecular formula is C8H17Al+2. The van der Waals surface area contributed by atoms with Gasteiger partial charge in [-0.25, -0.2) is 0 Å². The van der Waals surface area contributed by atoms with Crippen LogP contribution in [0.25, 0.3) is 0 Å². The Labute approximate surface area is 67.5 Å². The second-order valence-corrected chi connectivity index (χ2v) is 4.58. The fraction of sp³-hybridized carbons (Fsp3) is 1.00. The summed E-state index contributed by atoms with van der Waals surface area (Å²) in [5, 5.41) is 1.23. The standard InChI is InChI=1S/C8H17.Al/c1-7(2)6-8(3,4)5;/h7H,1,6H2,2-5H3;/q;+2. The summed E-state index contributed by atoms with van der Waals surface area (Å²) in [6, 6.07) is 0. The van der Waals surface area contributed by atoms with Crippen molar-refractivity contribution < 1.29 is 0 Å². The minimum atomic E-state index is 0.510. The summed E-state index contributed by atoms with van der Waals surface area (Å²) in [4.78, 5) is 0. The molecule has 0 saturated carbocycles. The van der Waals surface area contributed by atoms with Crippen molar-refractivity contribution in [1.82, 2.24) is 0 Å². The molecule has 0 aromatic carbocycles. The van der Waals surface area contributed by atoms with Gasteiger partial charge < -0.3 is 0 Å². The SMILES string of the molecule is CC([CH2][Al+2])CC(C)(C)C. The van der Waals surface area contributed by atoms with Gasteiger partial charge in [-0.1, -0.05) is 0 Å². The van der Waals surface area contributed by atoms with Crippen molar-refractivity contribution >= 4 is 16.3 Å². The zero-order valence-corrected chi connectivity index (χ0v) is 8.22. The fourth-order valence-corrected chi connectivity index (χ4v) is 1.30. The zero-order chi connectivity index (χ0) is 7.49. The van der Waals surface area contributed by atoms with Gasteiger partial charge in [0.15, 0.2) is 0 Å². The van der Waals surface area contributed by atoms with Crippen LogP contribution in [-0.2, 0) is 0 Å². The van der Waals surface area contributed by atoms with Gasteiger partial charge in [-0.05, 0) is 0 Å². The molecule has 0 aliphatic carbocycles. The number of rotatable bonds is 2. The first-order chi connectivity index (χ1) is 3.95. The van der Waals surface area contributed by atoms with E-state index in [2.05, 4.69) is 44.0 Å². The third kappa shape index (κ3) is 6.42. The van der Waals surface area contributed by atoms with Crippen LogP contribution in [-0.4, -0.2) is 16.3 Å². The van der Waals surface area contributed by atoms with Gasteiger partial charge in [-0.2, -0.15) is 0 Å². The van der Waals surface area contributed by atoms with Crippen molar-refractivity contribution in [3.63, 3.8) is 0 Å². The molecule has 0 aromatic rings. The van der Waals surface area contributed by atoms with E-state index in [1.807, 2.05) is 0 Å². The summed E-state index contributed by atoms with van der Waals surface area (Å²) in [7, 11) is 0. The second kappa shape index (κ2) is 3.64. The average Bonchev–Trinajstić information content (AvgIpc) is 1.62. The van der Waals surface area contributed by atoms with Crippen LogP contribution in [0, 0.1) is 11.3 Å². The Morgan fingerprint density at radius 3 is 1.89 bits per heavy atom. The molecule has 0 fully saturated rings. The van der Waals surface area contributed by atoms with Crippen LogP contribution in [0.4, 0.5) is 0 Å². The van der Waals surface area contributed by atoms with Crippen LogP contribution >= 0.6 is 0 Å². The first-order valence-corrected chi connectivity index (χ1v) is 4.47. The van der Waals surface area contributed by atoms with Crippen LogP contribution in [0.15, 0.2) is 0 Å². The van der Waals surface area contributed by atoms with Crippen molar-refractivity contribution in [2.75, 3.05) is 0 Å². The molecule has 0 rings (SSSR count). The summed E-state index contributed by atoms with van der Waals surface area (Å²) in [5.41, 5.74) is 0.510. The molecule has 0 saturated heterocycles. The molecule has 0 N–H and O–H groups in total. The van der Waals surface area contributed by atoms with Gasteiger partial charge in [-0.3, -0.25) is 0 Å². The van der Waals surface area contributed by atoms with Gasteiger partial charge in [0.1, 0.15) is 0 Å². The van der Waals surface area contributed by atoms with Gasteiger partial charge in [0, 0.05) is 0 Å².